The average molecular weight is 439 g/mol. The van der Waals surface area contributed by atoms with Gasteiger partial charge >= 0.3 is 0 Å². The number of carbonyl (C=O) groups excluding carboxylic acids is 1. The number of anilines is 1. The Hall–Kier alpha value is -2.18. The van der Waals surface area contributed by atoms with Gasteiger partial charge in [-0.2, -0.15) is 0 Å². The minimum absolute atomic E-state index is 0.165. The summed E-state index contributed by atoms with van der Waals surface area (Å²) in [5.74, 6) is 0.351. The van der Waals surface area contributed by atoms with Crippen LogP contribution in [0.25, 0.3) is 0 Å². The van der Waals surface area contributed by atoms with E-state index >= 15 is 0 Å². The molecule has 1 aliphatic heterocycles. The monoisotopic (exact) mass is 438 g/mol. The lowest BCUT2D eigenvalue weighted by molar-refractivity contribution is -0.119. The molecule has 1 saturated carbocycles. The van der Waals surface area contributed by atoms with Crippen LogP contribution < -0.4 is 9.62 Å². The van der Waals surface area contributed by atoms with E-state index in [9.17, 15) is 13.2 Å². The highest BCUT2D eigenvalue weighted by molar-refractivity contribution is 7.89. The number of sulfonamides is 1. The molecule has 0 aromatic heterocycles. The first-order valence-corrected chi connectivity index (χ1v) is 13.0. The quantitative estimate of drug-likeness (QED) is 0.731. The summed E-state index contributed by atoms with van der Waals surface area (Å²) in [4.78, 5) is 14.6. The minimum atomic E-state index is -3.66. The van der Waals surface area contributed by atoms with Crippen molar-refractivity contribution >= 4 is 21.6 Å². The Morgan fingerprint density at radius 1 is 1.03 bits per heavy atom. The summed E-state index contributed by atoms with van der Waals surface area (Å²) in [7, 11) is -3.66. The van der Waals surface area contributed by atoms with Crippen molar-refractivity contribution in [1.82, 2.24) is 4.72 Å². The number of fused-ring (bicyclic) bond motifs is 2. The van der Waals surface area contributed by atoms with Gasteiger partial charge in [-0.3, -0.25) is 4.79 Å². The highest BCUT2D eigenvalue weighted by Crippen LogP contribution is 2.37. The number of rotatable bonds is 6. The molecule has 0 unspecified atom stereocenters. The van der Waals surface area contributed by atoms with Gasteiger partial charge < -0.3 is 4.90 Å². The number of carbonyl (C=O) groups is 1. The molecule has 3 aliphatic rings. The van der Waals surface area contributed by atoms with Gasteiger partial charge in [0.15, 0.2) is 0 Å². The van der Waals surface area contributed by atoms with Crippen LogP contribution in [0.4, 0.5) is 5.69 Å². The third-order valence-electron chi connectivity index (χ3n) is 6.93. The van der Waals surface area contributed by atoms with Crippen molar-refractivity contribution in [3.05, 3.63) is 58.7 Å². The molecule has 0 saturated heterocycles. The van der Waals surface area contributed by atoms with E-state index in [0.717, 1.165) is 42.5 Å². The molecule has 5 nitrogen and oxygen atoms in total. The van der Waals surface area contributed by atoms with E-state index in [-0.39, 0.29) is 22.8 Å². The summed E-state index contributed by atoms with van der Waals surface area (Å²) in [5.41, 5.74) is 5.61. The first-order valence-electron chi connectivity index (χ1n) is 11.5. The smallest absolute Gasteiger partial charge is 0.241 e. The highest BCUT2D eigenvalue weighted by atomic mass is 32.2. The van der Waals surface area contributed by atoms with Crippen LogP contribution in [-0.2, 0) is 34.1 Å². The zero-order valence-corrected chi connectivity index (χ0v) is 18.9. The number of nitrogens with zero attached hydrogens (tertiary/aromatic N) is 1. The van der Waals surface area contributed by atoms with Gasteiger partial charge in [0.25, 0.3) is 0 Å². The topological polar surface area (TPSA) is 66.5 Å². The molecular weight excluding hydrogens is 408 g/mol. The third kappa shape index (κ3) is 4.03. The molecule has 31 heavy (non-hydrogen) atoms. The summed E-state index contributed by atoms with van der Waals surface area (Å²) in [6.45, 7) is 2.66. The molecule has 2 aromatic carbocycles. The zero-order valence-electron chi connectivity index (χ0n) is 18.1. The zero-order chi connectivity index (χ0) is 21.6. The molecule has 164 valence electrons. The maximum absolute atomic E-state index is 13.2. The summed E-state index contributed by atoms with van der Waals surface area (Å²) in [5, 5.41) is 0. The standard InChI is InChI=1S/C25H30N2O3S/c1-2-23(20-10-7-17-5-3-4-6-19(17)15-20)26-31(29,30)22-11-12-24-21(16-22)13-14-27(24)25(28)18-8-9-18/h7,10-12,15-16,18,23,26H,2-6,8-9,13-14H2,1H3/t23-/m0/s1. The van der Waals surface area contributed by atoms with Crippen molar-refractivity contribution in [3.63, 3.8) is 0 Å². The summed E-state index contributed by atoms with van der Waals surface area (Å²) in [6, 6.07) is 11.4. The van der Waals surface area contributed by atoms with Crippen LogP contribution in [0.15, 0.2) is 41.3 Å². The van der Waals surface area contributed by atoms with Gasteiger partial charge in [0, 0.05) is 24.2 Å². The van der Waals surface area contributed by atoms with Gasteiger partial charge in [0.2, 0.25) is 15.9 Å². The van der Waals surface area contributed by atoms with Crippen molar-refractivity contribution < 1.29 is 13.2 Å². The first-order chi connectivity index (χ1) is 15.0. The molecule has 1 fully saturated rings. The Morgan fingerprint density at radius 2 is 1.81 bits per heavy atom. The molecule has 0 bridgehead atoms. The molecule has 1 atom stereocenters. The molecule has 2 aliphatic carbocycles. The summed E-state index contributed by atoms with van der Waals surface area (Å²) >= 11 is 0. The van der Waals surface area contributed by atoms with Crippen molar-refractivity contribution in [3.8, 4) is 0 Å². The second kappa shape index (κ2) is 8.06. The molecule has 1 heterocycles. The Kier molecular flexibility index (Phi) is 5.39. The largest absolute Gasteiger partial charge is 0.312 e. The number of hydrogen-bond acceptors (Lipinski definition) is 3. The highest BCUT2D eigenvalue weighted by Gasteiger charge is 2.36. The van der Waals surface area contributed by atoms with Crippen LogP contribution in [0.2, 0.25) is 0 Å². The third-order valence-corrected chi connectivity index (χ3v) is 8.40. The van der Waals surface area contributed by atoms with Crippen molar-refractivity contribution in [2.75, 3.05) is 11.4 Å². The number of amides is 1. The fourth-order valence-electron chi connectivity index (χ4n) is 4.94. The van der Waals surface area contributed by atoms with Gasteiger partial charge in [0.05, 0.1) is 4.90 Å². The minimum Gasteiger partial charge on any atom is -0.312 e. The fourth-order valence-corrected chi connectivity index (χ4v) is 6.30. The second-order valence-electron chi connectivity index (χ2n) is 9.12. The van der Waals surface area contributed by atoms with Gasteiger partial charge in [0.1, 0.15) is 0 Å². The predicted molar refractivity (Wildman–Crippen MR) is 122 cm³/mol. The molecule has 6 heteroatoms. The maximum atomic E-state index is 13.2. The van der Waals surface area contributed by atoms with Crippen molar-refractivity contribution in [2.24, 2.45) is 5.92 Å². The maximum Gasteiger partial charge on any atom is 0.241 e. The molecule has 2 aromatic rings. The summed E-state index contributed by atoms with van der Waals surface area (Å²) < 4.78 is 29.3. The van der Waals surface area contributed by atoms with Crippen molar-refractivity contribution in [2.45, 2.75) is 69.2 Å². The van der Waals surface area contributed by atoms with E-state index in [1.54, 1.807) is 18.2 Å². The van der Waals surface area contributed by atoms with Crippen LogP contribution >= 0.6 is 0 Å². The number of nitrogens with one attached hydrogen (secondary N) is 1. The average Bonchev–Trinajstić information content (AvgIpc) is 3.55. The van der Waals surface area contributed by atoms with Crippen LogP contribution in [-0.4, -0.2) is 20.9 Å². The van der Waals surface area contributed by atoms with Crippen LogP contribution in [0, 0.1) is 5.92 Å². The number of benzene rings is 2. The fraction of sp³-hybridized carbons (Fsp3) is 0.480. The van der Waals surface area contributed by atoms with Crippen LogP contribution in [0.5, 0.6) is 0 Å². The van der Waals surface area contributed by atoms with Gasteiger partial charge in [-0.1, -0.05) is 25.1 Å². The Morgan fingerprint density at radius 3 is 2.55 bits per heavy atom. The Labute approximate surface area is 184 Å². The van der Waals surface area contributed by atoms with E-state index < -0.39 is 10.0 Å². The molecule has 0 radical (unpaired) electrons. The number of hydrogen-bond donors (Lipinski definition) is 1. The lowest BCUT2D eigenvalue weighted by atomic mass is 9.89. The van der Waals surface area contributed by atoms with E-state index in [4.69, 9.17) is 0 Å². The van der Waals surface area contributed by atoms with E-state index in [1.807, 2.05) is 11.8 Å². The number of aryl methyl sites for hydroxylation is 2. The lowest BCUT2D eigenvalue weighted by Gasteiger charge is -2.22. The van der Waals surface area contributed by atoms with E-state index in [0.29, 0.717) is 19.4 Å². The normalized spacial score (nSPS) is 19.1. The van der Waals surface area contributed by atoms with E-state index in [2.05, 4.69) is 22.9 Å². The van der Waals surface area contributed by atoms with Gasteiger partial charge in [-0.05, 0) is 91.8 Å². The first kappa shape index (κ1) is 20.7. The van der Waals surface area contributed by atoms with Gasteiger partial charge in [-0.25, -0.2) is 13.1 Å². The van der Waals surface area contributed by atoms with Crippen LogP contribution in [0.1, 0.15) is 67.3 Å². The molecule has 0 spiro atoms. The molecular formula is C25H30N2O3S. The predicted octanol–water partition coefficient (Wildman–Crippen LogP) is 4.29. The Balaban J connectivity index is 1.37. The van der Waals surface area contributed by atoms with Crippen LogP contribution in [0.3, 0.4) is 0 Å². The lowest BCUT2D eigenvalue weighted by Crippen LogP contribution is -2.30. The molecule has 1 N–H and O–H groups in total. The summed E-state index contributed by atoms with van der Waals surface area (Å²) in [6.07, 6.45) is 7.98. The van der Waals surface area contributed by atoms with Gasteiger partial charge in [-0.15, -0.1) is 0 Å². The Bertz CT molecular complexity index is 1120. The molecule has 5 rings (SSSR count). The second-order valence-corrected chi connectivity index (χ2v) is 10.8. The van der Waals surface area contributed by atoms with Crippen molar-refractivity contribution in [1.29, 1.82) is 0 Å². The SMILES string of the molecule is CC[C@H](NS(=O)(=O)c1ccc2c(c1)CCN2C(=O)C1CC1)c1ccc2c(c1)CCCC2. The molecule has 1 amide bonds. The van der Waals surface area contributed by atoms with E-state index in [1.165, 1.54) is 24.0 Å².